The van der Waals surface area contributed by atoms with Gasteiger partial charge in [0.15, 0.2) is 0 Å². The van der Waals surface area contributed by atoms with E-state index in [4.69, 9.17) is 4.74 Å². The maximum absolute atomic E-state index is 12.2. The highest BCUT2D eigenvalue weighted by Gasteiger charge is 2.43. The summed E-state index contributed by atoms with van der Waals surface area (Å²) in [5, 5.41) is 0. The zero-order valence-electron chi connectivity index (χ0n) is 11.1. The summed E-state index contributed by atoms with van der Waals surface area (Å²) in [7, 11) is 0. The molecular formula is C15H19NO2. The lowest BCUT2D eigenvalue weighted by Crippen LogP contribution is -2.44. The molecule has 96 valence electrons. The van der Waals surface area contributed by atoms with E-state index < -0.39 is 5.72 Å². The number of rotatable bonds is 2. The third kappa shape index (κ3) is 2.31. The molecule has 1 atom stereocenters. The summed E-state index contributed by atoms with van der Waals surface area (Å²) < 4.78 is 5.76. The van der Waals surface area contributed by atoms with Crippen molar-refractivity contribution in [3.63, 3.8) is 0 Å². The normalized spacial score (nSPS) is 22.6. The maximum atomic E-state index is 12.2. The third-order valence-electron chi connectivity index (χ3n) is 3.22. The molecule has 3 heteroatoms. The second kappa shape index (κ2) is 4.94. The molecule has 0 spiro atoms. The van der Waals surface area contributed by atoms with E-state index >= 15 is 0 Å². The summed E-state index contributed by atoms with van der Waals surface area (Å²) in [4.78, 5) is 14.0. The molecule has 0 N–H and O–H groups in total. The highest BCUT2D eigenvalue weighted by molar-refractivity contribution is 5.88. The van der Waals surface area contributed by atoms with Crippen LogP contribution in [0.1, 0.15) is 32.4 Å². The molecule has 1 aliphatic rings. The lowest BCUT2D eigenvalue weighted by atomic mass is 10.1. The zero-order chi connectivity index (χ0) is 13.2. The predicted octanol–water partition coefficient (Wildman–Crippen LogP) is 2.90. The third-order valence-corrected chi connectivity index (χ3v) is 3.22. The van der Waals surface area contributed by atoms with Gasteiger partial charge in [-0.15, -0.1) is 0 Å². The first kappa shape index (κ1) is 12.8. The first-order valence-electron chi connectivity index (χ1n) is 6.21. The Morgan fingerprint density at radius 2 is 2.06 bits per heavy atom. The average Bonchev–Trinajstić information content (AvgIpc) is 2.66. The van der Waals surface area contributed by atoms with Crippen molar-refractivity contribution in [1.82, 2.24) is 4.90 Å². The molecule has 1 aliphatic heterocycles. The fourth-order valence-electron chi connectivity index (χ4n) is 2.36. The fraction of sp³-hybridized carbons (Fsp3) is 0.400. The summed E-state index contributed by atoms with van der Waals surface area (Å²) in [6.45, 7) is 6.24. The molecule has 0 unspecified atom stereocenters. The van der Waals surface area contributed by atoms with Crippen molar-refractivity contribution in [2.24, 2.45) is 0 Å². The maximum Gasteiger partial charge on any atom is 0.249 e. The van der Waals surface area contributed by atoms with Gasteiger partial charge in [0.2, 0.25) is 5.91 Å². The molecule has 1 fully saturated rings. The van der Waals surface area contributed by atoms with Crippen LogP contribution >= 0.6 is 0 Å². The molecule has 1 aromatic carbocycles. The summed E-state index contributed by atoms with van der Waals surface area (Å²) >= 11 is 0. The van der Waals surface area contributed by atoms with Crippen LogP contribution in [0.25, 0.3) is 0 Å². The van der Waals surface area contributed by atoms with Crippen LogP contribution in [0.2, 0.25) is 0 Å². The van der Waals surface area contributed by atoms with Crippen molar-refractivity contribution < 1.29 is 9.53 Å². The quantitative estimate of drug-likeness (QED) is 0.750. The number of hydrogen-bond acceptors (Lipinski definition) is 2. The molecule has 0 aliphatic carbocycles. The van der Waals surface area contributed by atoms with Crippen molar-refractivity contribution in [2.75, 3.05) is 6.61 Å². The van der Waals surface area contributed by atoms with E-state index in [0.717, 1.165) is 5.56 Å². The van der Waals surface area contributed by atoms with E-state index in [-0.39, 0.29) is 11.9 Å². The summed E-state index contributed by atoms with van der Waals surface area (Å²) in [5.74, 6) is -0.00569. The van der Waals surface area contributed by atoms with Gasteiger partial charge in [0.05, 0.1) is 12.6 Å². The van der Waals surface area contributed by atoms with Crippen molar-refractivity contribution in [3.05, 3.63) is 48.0 Å². The van der Waals surface area contributed by atoms with Crippen molar-refractivity contribution in [1.29, 1.82) is 0 Å². The summed E-state index contributed by atoms with van der Waals surface area (Å²) in [5.41, 5.74) is 0.554. The zero-order valence-corrected chi connectivity index (χ0v) is 11.1. The first-order chi connectivity index (χ1) is 8.56. The monoisotopic (exact) mass is 245 g/mol. The summed E-state index contributed by atoms with van der Waals surface area (Å²) in [6.07, 6.45) is 3.35. The van der Waals surface area contributed by atoms with Crippen molar-refractivity contribution in [2.45, 2.75) is 32.5 Å². The Bertz CT molecular complexity index is 451. The molecule has 3 nitrogen and oxygen atoms in total. The fourth-order valence-corrected chi connectivity index (χ4v) is 2.36. The lowest BCUT2D eigenvalue weighted by molar-refractivity contribution is -0.140. The van der Waals surface area contributed by atoms with E-state index in [9.17, 15) is 4.79 Å². The molecule has 0 saturated carbocycles. The lowest BCUT2D eigenvalue weighted by Gasteiger charge is -2.33. The Morgan fingerprint density at radius 3 is 2.67 bits per heavy atom. The molecule has 1 amide bonds. The van der Waals surface area contributed by atoms with Crippen LogP contribution in [0.15, 0.2) is 42.5 Å². The van der Waals surface area contributed by atoms with Gasteiger partial charge >= 0.3 is 0 Å². The van der Waals surface area contributed by atoms with Gasteiger partial charge in [0.25, 0.3) is 0 Å². The standard InChI is InChI=1S/C15H19NO2/c1-4-8-14(17)16-13(11-18-15(16,2)3)12-9-6-5-7-10-12/h4-10,13H,11H2,1-3H3/b8-4+/t13-/m0/s1. The van der Waals surface area contributed by atoms with Crippen LogP contribution in [0.3, 0.4) is 0 Å². The Labute approximate surface area is 108 Å². The predicted molar refractivity (Wildman–Crippen MR) is 70.9 cm³/mol. The van der Waals surface area contributed by atoms with Gasteiger partial charge < -0.3 is 9.64 Å². The Morgan fingerprint density at radius 1 is 1.39 bits per heavy atom. The number of carbonyl (C=O) groups excluding carboxylic acids is 1. The SMILES string of the molecule is C/C=C/C(=O)N1[C@H](c2ccccc2)COC1(C)C. The highest BCUT2D eigenvalue weighted by Crippen LogP contribution is 2.36. The molecule has 1 heterocycles. The Kier molecular flexibility index (Phi) is 3.53. The smallest absolute Gasteiger partial charge is 0.249 e. The van der Waals surface area contributed by atoms with Gasteiger partial charge in [0.1, 0.15) is 5.72 Å². The van der Waals surface area contributed by atoms with Gasteiger partial charge in [0, 0.05) is 0 Å². The number of hydrogen-bond donors (Lipinski definition) is 0. The van der Waals surface area contributed by atoms with Gasteiger partial charge in [-0.3, -0.25) is 4.79 Å². The van der Waals surface area contributed by atoms with Crippen LogP contribution in [-0.2, 0) is 9.53 Å². The minimum atomic E-state index is -0.558. The van der Waals surface area contributed by atoms with Crippen molar-refractivity contribution in [3.8, 4) is 0 Å². The van der Waals surface area contributed by atoms with Gasteiger partial charge in [-0.2, -0.15) is 0 Å². The molecule has 18 heavy (non-hydrogen) atoms. The second-order valence-corrected chi connectivity index (χ2v) is 4.89. The van der Waals surface area contributed by atoms with Crippen LogP contribution in [0, 0.1) is 0 Å². The number of amides is 1. The topological polar surface area (TPSA) is 29.5 Å². The largest absolute Gasteiger partial charge is 0.354 e. The average molecular weight is 245 g/mol. The molecule has 1 aromatic rings. The molecular weight excluding hydrogens is 226 g/mol. The van der Waals surface area contributed by atoms with Gasteiger partial charge in [-0.05, 0) is 32.4 Å². The Balaban J connectivity index is 2.33. The van der Waals surface area contributed by atoms with Crippen LogP contribution in [-0.4, -0.2) is 23.1 Å². The number of nitrogens with zero attached hydrogens (tertiary/aromatic N) is 1. The van der Waals surface area contributed by atoms with E-state index in [1.807, 2.05) is 56.0 Å². The van der Waals surface area contributed by atoms with Crippen LogP contribution < -0.4 is 0 Å². The van der Waals surface area contributed by atoms with Gasteiger partial charge in [-0.1, -0.05) is 36.4 Å². The van der Waals surface area contributed by atoms with E-state index in [1.165, 1.54) is 0 Å². The van der Waals surface area contributed by atoms with Crippen LogP contribution in [0.4, 0.5) is 0 Å². The number of allylic oxidation sites excluding steroid dienone is 1. The van der Waals surface area contributed by atoms with Crippen molar-refractivity contribution >= 4 is 5.91 Å². The minimum Gasteiger partial charge on any atom is -0.354 e. The van der Waals surface area contributed by atoms with E-state index in [0.29, 0.717) is 6.61 Å². The minimum absolute atomic E-state index is 0.00569. The molecule has 2 rings (SSSR count). The first-order valence-corrected chi connectivity index (χ1v) is 6.21. The second-order valence-electron chi connectivity index (χ2n) is 4.89. The molecule has 0 radical (unpaired) electrons. The highest BCUT2D eigenvalue weighted by atomic mass is 16.5. The molecule has 0 aromatic heterocycles. The van der Waals surface area contributed by atoms with E-state index in [1.54, 1.807) is 12.2 Å². The van der Waals surface area contributed by atoms with E-state index in [2.05, 4.69) is 0 Å². The molecule has 1 saturated heterocycles. The Hall–Kier alpha value is -1.61. The number of benzene rings is 1. The summed E-state index contributed by atoms with van der Waals surface area (Å²) in [6, 6.07) is 10.0. The molecule has 0 bridgehead atoms. The number of carbonyl (C=O) groups is 1. The van der Waals surface area contributed by atoms with Gasteiger partial charge in [-0.25, -0.2) is 0 Å². The number of ether oxygens (including phenoxy) is 1. The van der Waals surface area contributed by atoms with Crippen LogP contribution in [0.5, 0.6) is 0 Å².